The van der Waals surface area contributed by atoms with E-state index in [0.717, 1.165) is 25.8 Å². The maximum Gasteiger partial charge on any atom is 0.505 e. The van der Waals surface area contributed by atoms with Crippen molar-refractivity contribution < 1.29 is 14.6 Å². The van der Waals surface area contributed by atoms with E-state index >= 15 is 0 Å². The first kappa shape index (κ1) is 12.2. The number of rotatable bonds is 7. The van der Waals surface area contributed by atoms with Gasteiger partial charge in [0.2, 0.25) is 0 Å². The zero-order valence-corrected chi connectivity index (χ0v) is 8.45. The van der Waals surface area contributed by atoms with Gasteiger partial charge in [-0.1, -0.05) is 12.8 Å². The number of ether oxygens (including phenoxy) is 1. The molecule has 0 saturated carbocycles. The van der Waals surface area contributed by atoms with Gasteiger partial charge in [-0.05, 0) is 33.5 Å². The second-order valence-electron chi connectivity index (χ2n) is 3.33. The summed E-state index contributed by atoms with van der Waals surface area (Å²) >= 11 is 0. The van der Waals surface area contributed by atoms with Crippen LogP contribution in [0.4, 0.5) is 4.79 Å². The lowest BCUT2D eigenvalue weighted by Crippen LogP contribution is -2.12. The Hall–Kier alpha value is -0.770. The molecule has 0 radical (unpaired) electrons. The lowest BCUT2D eigenvalue weighted by molar-refractivity contribution is 0.0899. The second kappa shape index (κ2) is 7.86. The van der Waals surface area contributed by atoms with E-state index in [1.54, 1.807) is 0 Å². The summed E-state index contributed by atoms with van der Waals surface area (Å²) in [4.78, 5) is 12.1. The molecule has 1 N–H and O–H groups in total. The van der Waals surface area contributed by atoms with Crippen molar-refractivity contribution in [2.75, 3.05) is 27.2 Å². The summed E-state index contributed by atoms with van der Waals surface area (Å²) in [5.41, 5.74) is 0. The molecule has 0 amide bonds. The first-order valence-corrected chi connectivity index (χ1v) is 4.63. The van der Waals surface area contributed by atoms with Gasteiger partial charge in [0.1, 0.15) is 0 Å². The van der Waals surface area contributed by atoms with Crippen molar-refractivity contribution in [1.29, 1.82) is 0 Å². The molecule has 4 nitrogen and oxygen atoms in total. The Kier molecular flexibility index (Phi) is 7.39. The minimum atomic E-state index is -1.17. The largest absolute Gasteiger partial charge is 0.505 e. The summed E-state index contributed by atoms with van der Waals surface area (Å²) in [6.45, 7) is 1.43. The van der Waals surface area contributed by atoms with Crippen LogP contribution in [-0.2, 0) is 4.74 Å². The van der Waals surface area contributed by atoms with Gasteiger partial charge < -0.3 is 14.7 Å². The van der Waals surface area contributed by atoms with Crippen LogP contribution in [0.1, 0.15) is 25.7 Å². The molecule has 0 aromatic carbocycles. The molecule has 0 spiro atoms. The van der Waals surface area contributed by atoms with Crippen LogP contribution < -0.4 is 0 Å². The number of hydrogen-bond acceptors (Lipinski definition) is 3. The summed E-state index contributed by atoms with van der Waals surface area (Å²) in [5, 5.41) is 8.16. The van der Waals surface area contributed by atoms with Crippen molar-refractivity contribution in [2.24, 2.45) is 0 Å². The molecule has 0 aliphatic carbocycles. The maximum atomic E-state index is 9.95. The molecule has 0 aromatic heterocycles. The smallest absolute Gasteiger partial charge is 0.450 e. The van der Waals surface area contributed by atoms with Crippen molar-refractivity contribution in [2.45, 2.75) is 25.7 Å². The highest BCUT2D eigenvalue weighted by Gasteiger charge is 1.96. The lowest BCUT2D eigenvalue weighted by atomic mass is 10.2. The van der Waals surface area contributed by atoms with E-state index in [1.807, 2.05) is 14.1 Å². The molecule has 4 heteroatoms. The average molecular weight is 189 g/mol. The van der Waals surface area contributed by atoms with E-state index in [1.165, 1.54) is 6.42 Å². The minimum absolute atomic E-state index is 0.331. The van der Waals surface area contributed by atoms with E-state index in [2.05, 4.69) is 9.64 Å². The highest BCUT2D eigenvalue weighted by molar-refractivity contribution is 5.56. The molecule has 0 aliphatic heterocycles. The predicted molar refractivity (Wildman–Crippen MR) is 51.0 cm³/mol. The van der Waals surface area contributed by atoms with Crippen molar-refractivity contribution in [3.05, 3.63) is 0 Å². The molecule has 0 fully saturated rings. The van der Waals surface area contributed by atoms with Crippen molar-refractivity contribution in [3.63, 3.8) is 0 Å². The molecule has 0 rings (SSSR count). The Morgan fingerprint density at radius 3 is 2.38 bits per heavy atom. The molecule has 78 valence electrons. The monoisotopic (exact) mass is 189 g/mol. The third-order valence-electron chi connectivity index (χ3n) is 1.73. The van der Waals surface area contributed by atoms with Crippen molar-refractivity contribution in [3.8, 4) is 0 Å². The van der Waals surface area contributed by atoms with Gasteiger partial charge in [-0.25, -0.2) is 4.79 Å². The van der Waals surface area contributed by atoms with E-state index in [0.29, 0.717) is 6.61 Å². The topological polar surface area (TPSA) is 49.8 Å². The first-order valence-electron chi connectivity index (χ1n) is 4.63. The summed E-state index contributed by atoms with van der Waals surface area (Å²) in [7, 11) is 4.10. The van der Waals surface area contributed by atoms with Crippen molar-refractivity contribution >= 4 is 6.16 Å². The number of carbonyl (C=O) groups is 1. The van der Waals surface area contributed by atoms with Crippen LogP contribution >= 0.6 is 0 Å². The molecule has 13 heavy (non-hydrogen) atoms. The lowest BCUT2D eigenvalue weighted by Gasteiger charge is -2.08. The van der Waals surface area contributed by atoms with E-state index in [4.69, 9.17) is 5.11 Å². The van der Waals surface area contributed by atoms with E-state index < -0.39 is 6.16 Å². The van der Waals surface area contributed by atoms with Gasteiger partial charge in [-0.15, -0.1) is 0 Å². The fourth-order valence-electron chi connectivity index (χ4n) is 1.04. The molecule has 0 heterocycles. The molecule has 0 bridgehead atoms. The number of hydrogen-bond donors (Lipinski definition) is 1. The third kappa shape index (κ3) is 11.2. The number of unbranched alkanes of at least 4 members (excludes halogenated alkanes) is 3. The van der Waals surface area contributed by atoms with Crippen LogP contribution in [0.2, 0.25) is 0 Å². The molecule has 0 aromatic rings. The van der Waals surface area contributed by atoms with E-state index in [-0.39, 0.29) is 0 Å². The summed E-state index contributed by atoms with van der Waals surface area (Å²) < 4.78 is 4.38. The highest BCUT2D eigenvalue weighted by atomic mass is 16.7. The third-order valence-corrected chi connectivity index (χ3v) is 1.73. The zero-order valence-electron chi connectivity index (χ0n) is 8.45. The van der Waals surface area contributed by atoms with Gasteiger partial charge in [0.15, 0.2) is 0 Å². The summed E-state index contributed by atoms with van der Waals surface area (Å²) in [5.74, 6) is 0. The fourth-order valence-corrected chi connectivity index (χ4v) is 1.04. The Morgan fingerprint density at radius 2 is 1.85 bits per heavy atom. The van der Waals surface area contributed by atoms with Crippen LogP contribution in [0.15, 0.2) is 0 Å². The second-order valence-corrected chi connectivity index (χ2v) is 3.33. The average Bonchev–Trinajstić information content (AvgIpc) is 2.01. The fraction of sp³-hybridized carbons (Fsp3) is 0.889. The van der Waals surface area contributed by atoms with Crippen molar-refractivity contribution in [1.82, 2.24) is 4.90 Å². The SMILES string of the molecule is CN(C)CCCCCCOC(=O)O. The van der Waals surface area contributed by atoms with Gasteiger partial charge in [0.25, 0.3) is 0 Å². The first-order chi connectivity index (χ1) is 6.13. The molecular formula is C9H19NO3. The van der Waals surface area contributed by atoms with Crippen LogP contribution in [0, 0.1) is 0 Å². The number of carboxylic acid groups (broad SMARTS) is 1. The predicted octanol–water partition coefficient (Wildman–Crippen LogP) is 1.80. The molecule has 0 saturated heterocycles. The number of nitrogens with zero attached hydrogens (tertiary/aromatic N) is 1. The Balaban J connectivity index is 2.96. The molecular weight excluding hydrogens is 170 g/mol. The standard InChI is InChI=1S/C9H19NO3/c1-10(2)7-5-3-4-6-8-13-9(11)12/h3-8H2,1-2H3,(H,11,12). The van der Waals surface area contributed by atoms with Gasteiger partial charge in [-0.3, -0.25) is 0 Å². The minimum Gasteiger partial charge on any atom is -0.450 e. The summed E-state index contributed by atoms with van der Waals surface area (Å²) in [6.07, 6.45) is 3.01. The van der Waals surface area contributed by atoms with Gasteiger partial charge >= 0.3 is 6.16 Å². The normalized spacial score (nSPS) is 10.4. The van der Waals surface area contributed by atoms with Gasteiger partial charge in [-0.2, -0.15) is 0 Å². The summed E-state index contributed by atoms with van der Waals surface area (Å²) in [6, 6.07) is 0. The quantitative estimate of drug-likeness (QED) is 0.490. The Labute approximate surface area is 79.5 Å². The van der Waals surface area contributed by atoms with Crippen LogP contribution in [-0.4, -0.2) is 43.4 Å². The Morgan fingerprint density at radius 1 is 1.23 bits per heavy atom. The molecule has 0 atom stereocenters. The van der Waals surface area contributed by atoms with Crippen LogP contribution in [0.3, 0.4) is 0 Å². The van der Waals surface area contributed by atoms with E-state index in [9.17, 15) is 4.79 Å². The van der Waals surface area contributed by atoms with Gasteiger partial charge in [0.05, 0.1) is 6.61 Å². The molecule has 0 aliphatic rings. The molecule has 0 unspecified atom stereocenters. The van der Waals surface area contributed by atoms with Crippen LogP contribution in [0.25, 0.3) is 0 Å². The Bertz CT molecular complexity index is 137. The maximum absolute atomic E-state index is 9.95. The highest BCUT2D eigenvalue weighted by Crippen LogP contribution is 2.00. The van der Waals surface area contributed by atoms with Crippen LogP contribution in [0.5, 0.6) is 0 Å². The van der Waals surface area contributed by atoms with Gasteiger partial charge in [0, 0.05) is 0 Å². The zero-order chi connectivity index (χ0) is 10.1.